The summed E-state index contributed by atoms with van der Waals surface area (Å²) in [5, 5.41) is 0. The van der Waals surface area contributed by atoms with Gasteiger partial charge in [-0.1, -0.05) is 37.3 Å². The van der Waals surface area contributed by atoms with Crippen molar-refractivity contribution >= 4 is 6.08 Å². The maximum absolute atomic E-state index is 2.32. The Morgan fingerprint density at radius 2 is 2.15 bits per heavy atom. The number of rotatable bonds is 0. The standard InChI is InChI=1S/C13H16/c1-10-6-8-12-5-3-4-11(2)13(12)9-7-10/h3-6,8,10H,7,9H2,1-2H3. The van der Waals surface area contributed by atoms with Crippen molar-refractivity contribution in [1.82, 2.24) is 0 Å². The molecule has 13 heavy (non-hydrogen) atoms. The van der Waals surface area contributed by atoms with Crippen LogP contribution in [-0.4, -0.2) is 0 Å². The third-order valence-electron chi connectivity index (χ3n) is 2.90. The van der Waals surface area contributed by atoms with Gasteiger partial charge in [0.05, 0.1) is 0 Å². The van der Waals surface area contributed by atoms with E-state index in [9.17, 15) is 0 Å². The number of aryl methyl sites for hydroxylation is 1. The Morgan fingerprint density at radius 3 is 3.00 bits per heavy atom. The molecule has 1 aliphatic carbocycles. The van der Waals surface area contributed by atoms with Crippen molar-refractivity contribution in [3.63, 3.8) is 0 Å². The Hall–Kier alpha value is -1.04. The minimum atomic E-state index is 0.729. The van der Waals surface area contributed by atoms with E-state index in [1.807, 2.05) is 0 Å². The Balaban J connectivity index is 2.46. The summed E-state index contributed by atoms with van der Waals surface area (Å²) in [5.74, 6) is 0.729. The Kier molecular flexibility index (Phi) is 2.22. The lowest BCUT2D eigenvalue weighted by molar-refractivity contribution is 0.653. The van der Waals surface area contributed by atoms with Gasteiger partial charge in [-0.2, -0.15) is 0 Å². The highest BCUT2D eigenvalue weighted by atomic mass is 14.1. The molecule has 2 rings (SSSR count). The monoisotopic (exact) mass is 172 g/mol. The van der Waals surface area contributed by atoms with Crippen molar-refractivity contribution in [3.8, 4) is 0 Å². The highest BCUT2D eigenvalue weighted by Crippen LogP contribution is 2.24. The van der Waals surface area contributed by atoms with Crippen molar-refractivity contribution in [2.45, 2.75) is 26.7 Å². The van der Waals surface area contributed by atoms with Crippen LogP contribution in [0, 0.1) is 12.8 Å². The zero-order valence-corrected chi connectivity index (χ0v) is 8.38. The van der Waals surface area contributed by atoms with Gasteiger partial charge in [0.1, 0.15) is 0 Å². The van der Waals surface area contributed by atoms with Crippen molar-refractivity contribution in [2.24, 2.45) is 5.92 Å². The van der Waals surface area contributed by atoms with E-state index in [0.717, 1.165) is 5.92 Å². The van der Waals surface area contributed by atoms with E-state index < -0.39 is 0 Å². The van der Waals surface area contributed by atoms with E-state index in [-0.39, 0.29) is 0 Å². The summed E-state index contributed by atoms with van der Waals surface area (Å²) < 4.78 is 0. The molecule has 1 aliphatic rings. The van der Waals surface area contributed by atoms with E-state index in [1.165, 1.54) is 24.0 Å². The Morgan fingerprint density at radius 1 is 1.31 bits per heavy atom. The van der Waals surface area contributed by atoms with Crippen LogP contribution >= 0.6 is 0 Å². The predicted octanol–water partition coefficient (Wildman–Crippen LogP) is 3.59. The molecule has 0 bridgehead atoms. The van der Waals surface area contributed by atoms with Gasteiger partial charge in [0, 0.05) is 0 Å². The molecule has 1 unspecified atom stereocenters. The van der Waals surface area contributed by atoms with Crippen LogP contribution in [0.25, 0.3) is 6.08 Å². The third kappa shape index (κ3) is 1.67. The molecule has 0 saturated carbocycles. The molecular formula is C13H16. The summed E-state index contributed by atoms with van der Waals surface area (Å²) in [7, 11) is 0. The first-order chi connectivity index (χ1) is 6.27. The molecule has 1 atom stereocenters. The van der Waals surface area contributed by atoms with E-state index >= 15 is 0 Å². The van der Waals surface area contributed by atoms with Gasteiger partial charge >= 0.3 is 0 Å². The van der Waals surface area contributed by atoms with Crippen molar-refractivity contribution in [1.29, 1.82) is 0 Å². The molecule has 0 aromatic heterocycles. The molecule has 0 nitrogen and oxygen atoms in total. The molecule has 1 aromatic carbocycles. The van der Waals surface area contributed by atoms with Gasteiger partial charge in [-0.3, -0.25) is 0 Å². The molecule has 0 radical (unpaired) electrons. The van der Waals surface area contributed by atoms with Crippen molar-refractivity contribution in [2.75, 3.05) is 0 Å². The highest BCUT2D eigenvalue weighted by Gasteiger charge is 2.08. The van der Waals surface area contributed by atoms with E-state index in [1.54, 1.807) is 5.56 Å². The van der Waals surface area contributed by atoms with Gasteiger partial charge < -0.3 is 0 Å². The molecule has 0 amide bonds. The molecule has 68 valence electrons. The average Bonchev–Trinajstić information content (AvgIpc) is 2.30. The molecular weight excluding hydrogens is 156 g/mol. The maximum Gasteiger partial charge on any atom is -0.0225 e. The molecule has 0 fully saturated rings. The van der Waals surface area contributed by atoms with Gasteiger partial charge in [0.15, 0.2) is 0 Å². The summed E-state index contributed by atoms with van der Waals surface area (Å²) in [6, 6.07) is 6.58. The van der Waals surface area contributed by atoms with Gasteiger partial charge in [0.2, 0.25) is 0 Å². The number of allylic oxidation sites excluding steroid dienone is 1. The summed E-state index contributed by atoms with van der Waals surface area (Å²) in [6.45, 7) is 4.50. The van der Waals surface area contributed by atoms with Crippen LogP contribution in [0.1, 0.15) is 30.0 Å². The largest absolute Gasteiger partial charge is 0.0811 e. The lowest BCUT2D eigenvalue weighted by Gasteiger charge is -2.07. The molecule has 1 aromatic rings. The molecule has 0 heteroatoms. The lowest BCUT2D eigenvalue weighted by Crippen LogP contribution is -1.94. The van der Waals surface area contributed by atoms with Crippen LogP contribution in [0.3, 0.4) is 0 Å². The fraction of sp³-hybridized carbons (Fsp3) is 0.385. The summed E-state index contributed by atoms with van der Waals surface area (Å²) >= 11 is 0. The average molecular weight is 172 g/mol. The molecule has 0 spiro atoms. The zero-order chi connectivity index (χ0) is 9.26. The normalized spacial score (nSPS) is 20.9. The van der Waals surface area contributed by atoms with Crippen LogP contribution in [0.15, 0.2) is 24.3 Å². The van der Waals surface area contributed by atoms with Crippen LogP contribution in [0.4, 0.5) is 0 Å². The molecule has 0 heterocycles. The van der Waals surface area contributed by atoms with Crippen LogP contribution < -0.4 is 0 Å². The smallest absolute Gasteiger partial charge is 0.0225 e. The van der Waals surface area contributed by atoms with Crippen LogP contribution in [-0.2, 0) is 6.42 Å². The fourth-order valence-electron chi connectivity index (χ4n) is 1.96. The topological polar surface area (TPSA) is 0 Å². The first-order valence-electron chi connectivity index (χ1n) is 5.04. The highest BCUT2D eigenvalue weighted by molar-refractivity contribution is 5.57. The summed E-state index contributed by atoms with van der Waals surface area (Å²) in [4.78, 5) is 0. The second kappa shape index (κ2) is 3.37. The SMILES string of the molecule is Cc1cccc2c1CCC(C)C=C2. The van der Waals surface area contributed by atoms with Gasteiger partial charge in [0.25, 0.3) is 0 Å². The van der Waals surface area contributed by atoms with Gasteiger partial charge in [-0.05, 0) is 42.4 Å². The minimum Gasteiger partial charge on any atom is -0.0811 e. The summed E-state index contributed by atoms with van der Waals surface area (Å²) in [5.41, 5.74) is 4.41. The number of benzene rings is 1. The molecule has 0 N–H and O–H groups in total. The first kappa shape index (κ1) is 8.55. The predicted molar refractivity (Wildman–Crippen MR) is 57.7 cm³/mol. The molecule has 0 aliphatic heterocycles. The second-order valence-corrected chi connectivity index (χ2v) is 4.02. The van der Waals surface area contributed by atoms with E-state index in [4.69, 9.17) is 0 Å². The number of hydrogen-bond donors (Lipinski definition) is 0. The van der Waals surface area contributed by atoms with Gasteiger partial charge in [-0.15, -0.1) is 0 Å². The first-order valence-corrected chi connectivity index (χ1v) is 5.04. The fourth-order valence-corrected chi connectivity index (χ4v) is 1.96. The second-order valence-electron chi connectivity index (χ2n) is 4.02. The van der Waals surface area contributed by atoms with E-state index in [2.05, 4.69) is 44.2 Å². The van der Waals surface area contributed by atoms with Crippen molar-refractivity contribution < 1.29 is 0 Å². The Labute approximate surface area is 80.3 Å². The van der Waals surface area contributed by atoms with Gasteiger partial charge in [-0.25, -0.2) is 0 Å². The third-order valence-corrected chi connectivity index (χ3v) is 2.90. The van der Waals surface area contributed by atoms with Crippen LogP contribution in [0.5, 0.6) is 0 Å². The number of fused-ring (bicyclic) bond motifs is 1. The van der Waals surface area contributed by atoms with Crippen LogP contribution in [0.2, 0.25) is 0 Å². The minimum absolute atomic E-state index is 0.729. The Bertz CT molecular complexity index is 334. The van der Waals surface area contributed by atoms with Crippen molar-refractivity contribution in [3.05, 3.63) is 41.0 Å². The van der Waals surface area contributed by atoms with E-state index in [0.29, 0.717) is 0 Å². The quantitative estimate of drug-likeness (QED) is 0.561. The zero-order valence-electron chi connectivity index (χ0n) is 8.38. The lowest BCUT2D eigenvalue weighted by atomic mass is 9.98. The maximum atomic E-state index is 2.32. The number of hydrogen-bond acceptors (Lipinski definition) is 0. The summed E-state index contributed by atoms with van der Waals surface area (Å²) in [6.07, 6.45) is 7.12. The molecule has 0 saturated heterocycles.